The van der Waals surface area contributed by atoms with E-state index in [9.17, 15) is 13.6 Å². The fraction of sp³-hybridized carbons (Fsp3) is 0.581. The van der Waals surface area contributed by atoms with Crippen LogP contribution < -0.4 is 5.73 Å². The number of amides is 1. The zero-order valence-corrected chi connectivity index (χ0v) is 23.3. The minimum atomic E-state index is -0.592. The maximum absolute atomic E-state index is 14.8. The van der Waals surface area contributed by atoms with Gasteiger partial charge in [0, 0.05) is 49.7 Å². The number of piperidine rings is 1. The molecule has 2 aliphatic heterocycles. The van der Waals surface area contributed by atoms with Crippen LogP contribution >= 0.6 is 0 Å². The molecule has 2 heterocycles. The van der Waals surface area contributed by atoms with Crippen LogP contribution in [0.25, 0.3) is 0 Å². The molecule has 2 aliphatic rings. The first kappa shape index (κ1) is 27.7. The number of halogens is 2. The molecule has 1 amide bonds. The summed E-state index contributed by atoms with van der Waals surface area (Å²) >= 11 is 0. The Morgan fingerprint density at radius 3 is 2.27 bits per heavy atom. The molecule has 37 heavy (non-hydrogen) atoms. The van der Waals surface area contributed by atoms with E-state index in [1.54, 1.807) is 0 Å². The number of carbonyl (C=O) groups is 1. The molecule has 2 aromatic rings. The van der Waals surface area contributed by atoms with Gasteiger partial charge in [-0.25, -0.2) is 8.78 Å². The summed E-state index contributed by atoms with van der Waals surface area (Å²) < 4.78 is 28.5. The second-order valence-electron chi connectivity index (χ2n) is 12.1. The van der Waals surface area contributed by atoms with Gasteiger partial charge in [-0.05, 0) is 93.7 Å². The van der Waals surface area contributed by atoms with Crippen LogP contribution in [0.5, 0.6) is 0 Å². The number of aryl methyl sites for hydroxylation is 2. The van der Waals surface area contributed by atoms with Gasteiger partial charge in [0.1, 0.15) is 11.6 Å². The summed E-state index contributed by atoms with van der Waals surface area (Å²) in [7, 11) is 0. The monoisotopic (exact) mass is 511 g/mol. The van der Waals surface area contributed by atoms with Gasteiger partial charge >= 0.3 is 0 Å². The van der Waals surface area contributed by atoms with E-state index in [0.29, 0.717) is 37.7 Å². The van der Waals surface area contributed by atoms with E-state index in [2.05, 4.69) is 58.6 Å². The molecule has 3 atom stereocenters. The first-order valence-corrected chi connectivity index (χ1v) is 13.8. The summed E-state index contributed by atoms with van der Waals surface area (Å²) in [5.41, 5.74) is 11.9. The van der Waals surface area contributed by atoms with Gasteiger partial charge in [-0.3, -0.25) is 9.69 Å². The van der Waals surface area contributed by atoms with Crippen LogP contribution in [0.15, 0.2) is 30.3 Å². The molecule has 2 aromatic carbocycles. The Bertz CT molecular complexity index is 1130. The zero-order chi connectivity index (χ0) is 27.1. The minimum Gasteiger partial charge on any atom is -0.342 e. The second-order valence-corrected chi connectivity index (χ2v) is 12.1. The summed E-state index contributed by atoms with van der Waals surface area (Å²) in [5, 5.41) is 0. The van der Waals surface area contributed by atoms with E-state index in [0.717, 1.165) is 25.3 Å². The highest BCUT2D eigenvalue weighted by Gasteiger charge is 2.44. The normalized spacial score (nSPS) is 22.5. The third-order valence-electron chi connectivity index (χ3n) is 8.73. The van der Waals surface area contributed by atoms with Crippen molar-refractivity contribution in [1.82, 2.24) is 9.80 Å². The number of hydrogen-bond donors (Lipinski definition) is 1. The lowest BCUT2D eigenvalue weighted by atomic mass is 9.81. The van der Waals surface area contributed by atoms with Gasteiger partial charge in [0.2, 0.25) is 5.91 Å². The van der Waals surface area contributed by atoms with Crippen LogP contribution in [0.4, 0.5) is 8.78 Å². The van der Waals surface area contributed by atoms with Gasteiger partial charge in [-0.2, -0.15) is 0 Å². The van der Waals surface area contributed by atoms with Gasteiger partial charge in [0.25, 0.3) is 0 Å². The van der Waals surface area contributed by atoms with Gasteiger partial charge in [-0.15, -0.1) is 0 Å². The summed E-state index contributed by atoms with van der Waals surface area (Å²) in [6.07, 6.45) is 2.67. The van der Waals surface area contributed by atoms with Crippen molar-refractivity contribution in [3.8, 4) is 0 Å². The molecule has 0 spiro atoms. The van der Waals surface area contributed by atoms with Crippen molar-refractivity contribution >= 4 is 5.91 Å². The molecule has 4 rings (SSSR count). The third-order valence-corrected chi connectivity index (χ3v) is 8.73. The lowest BCUT2D eigenvalue weighted by Gasteiger charge is -2.36. The van der Waals surface area contributed by atoms with E-state index in [1.807, 2.05) is 4.90 Å². The number of carbonyl (C=O) groups excluding carboxylic acids is 1. The summed E-state index contributed by atoms with van der Waals surface area (Å²) in [4.78, 5) is 18.1. The van der Waals surface area contributed by atoms with Gasteiger partial charge in [0.05, 0.1) is 5.92 Å². The molecule has 2 saturated heterocycles. The van der Waals surface area contributed by atoms with E-state index in [1.165, 1.54) is 34.4 Å². The Hall–Kier alpha value is -2.31. The van der Waals surface area contributed by atoms with E-state index < -0.39 is 11.6 Å². The number of benzene rings is 2. The topological polar surface area (TPSA) is 49.6 Å². The quantitative estimate of drug-likeness (QED) is 0.519. The van der Waals surface area contributed by atoms with Gasteiger partial charge < -0.3 is 10.6 Å². The fourth-order valence-corrected chi connectivity index (χ4v) is 6.12. The largest absolute Gasteiger partial charge is 0.342 e. The van der Waals surface area contributed by atoms with Crippen LogP contribution in [0, 0.1) is 31.4 Å². The van der Waals surface area contributed by atoms with Crippen LogP contribution in [0.2, 0.25) is 0 Å². The van der Waals surface area contributed by atoms with Crippen molar-refractivity contribution in [2.24, 2.45) is 11.7 Å². The molecule has 0 bridgehead atoms. The Kier molecular flexibility index (Phi) is 8.10. The Morgan fingerprint density at radius 2 is 1.68 bits per heavy atom. The number of likely N-dealkylation sites (tertiary alicyclic amines) is 2. The highest BCUT2D eigenvalue weighted by molar-refractivity contribution is 5.81. The molecular formula is C31H43F2N3O. The van der Waals surface area contributed by atoms with Crippen LogP contribution in [-0.4, -0.2) is 47.4 Å². The predicted molar refractivity (Wildman–Crippen MR) is 146 cm³/mol. The maximum atomic E-state index is 14.8. The Balaban J connectivity index is 1.53. The van der Waals surface area contributed by atoms with E-state index in [-0.39, 0.29) is 29.3 Å². The SMILES string of the molecule is CC[C@H](N)c1cc(C)c(C)cc1C1CCN(C(=O)[C@@H]2CN(C(C)(C)C)C[C@H]2c2ccc(F)cc2F)CC1. The molecule has 0 unspecified atom stereocenters. The number of nitrogens with zero attached hydrogens (tertiary/aromatic N) is 2. The standard InChI is InChI=1S/C31H43F2N3O/c1-7-29(34)25-15-20(3)19(2)14-24(25)21-10-12-35(13-11-21)30(37)27-18-36(31(4,5)6)17-26(27)23-9-8-22(32)16-28(23)33/h8-9,14-16,21,26-27,29H,7,10-13,17-18,34H2,1-6H3/t26-,27+,29-/m0/s1. The van der Waals surface area contributed by atoms with Gasteiger partial charge in [-0.1, -0.05) is 25.1 Å². The van der Waals surface area contributed by atoms with Crippen molar-refractivity contribution in [2.45, 2.75) is 84.2 Å². The lowest BCUT2D eigenvalue weighted by Crippen LogP contribution is -2.44. The molecule has 2 fully saturated rings. The highest BCUT2D eigenvalue weighted by atomic mass is 19.1. The Morgan fingerprint density at radius 1 is 1.03 bits per heavy atom. The van der Waals surface area contributed by atoms with Gasteiger partial charge in [0.15, 0.2) is 0 Å². The summed E-state index contributed by atoms with van der Waals surface area (Å²) in [6, 6.07) is 8.32. The molecule has 202 valence electrons. The van der Waals surface area contributed by atoms with E-state index >= 15 is 0 Å². The molecule has 0 saturated carbocycles. The van der Waals surface area contributed by atoms with Crippen molar-refractivity contribution < 1.29 is 13.6 Å². The zero-order valence-electron chi connectivity index (χ0n) is 23.3. The minimum absolute atomic E-state index is 0.0159. The first-order valence-electron chi connectivity index (χ1n) is 13.8. The second kappa shape index (κ2) is 10.8. The van der Waals surface area contributed by atoms with Crippen molar-refractivity contribution in [3.05, 3.63) is 69.8 Å². The first-order chi connectivity index (χ1) is 17.4. The number of nitrogens with two attached hydrogens (primary N) is 1. The summed E-state index contributed by atoms with van der Waals surface area (Å²) in [5.74, 6) is -1.34. The average molecular weight is 512 g/mol. The van der Waals surface area contributed by atoms with Crippen LogP contribution in [0.1, 0.15) is 92.7 Å². The highest BCUT2D eigenvalue weighted by Crippen LogP contribution is 2.40. The average Bonchev–Trinajstić information content (AvgIpc) is 3.30. The number of hydrogen-bond acceptors (Lipinski definition) is 3. The maximum Gasteiger partial charge on any atom is 0.227 e. The smallest absolute Gasteiger partial charge is 0.227 e. The molecule has 6 heteroatoms. The third kappa shape index (κ3) is 5.75. The molecule has 0 aromatic heterocycles. The Labute approximate surface area is 221 Å². The van der Waals surface area contributed by atoms with Crippen LogP contribution in [-0.2, 0) is 4.79 Å². The predicted octanol–water partition coefficient (Wildman–Crippen LogP) is 6.21. The molecule has 0 aliphatic carbocycles. The molecule has 4 nitrogen and oxygen atoms in total. The van der Waals surface area contributed by atoms with Crippen molar-refractivity contribution in [2.75, 3.05) is 26.2 Å². The molecule has 2 N–H and O–H groups in total. The molecular weight excluding hydrogens is 468 g/mol. The van der Waals surface area contributed by atoms with Crippen molar-refractivity contribution in [3.63, 3.8) is 0 Å². The van der Waals surface area contributed by atoms with Crippen molar-refractivity contribution in [1.29, 1.82) is 0 Å². The lowest BCUT2D eigenvalue weighted by molar-refractivity contribution is -0.136. The molecule has 0 radical (unpaired) electrons. The fourth-order valence-electron chi connectivity index (χ4n) is 6.12. The summed E-state index contributed by atoms with van der Waals surface area (Å²) in [6.45, 7) is 15.3. The van der Waals surface area contributed by atoms with Crippen LogP contribution in [0.3, 0.4) is 0 Å². The number of rotatable bonds is 5. The van der Waals surface area contributed by atoms with E-state index in [4.69, 9.17) is 5.73 Å².